The van der Waals surface area contributed by atoms with Crippen molar-refractivity contribution in [2.24, 2.45) is 0 Å². The molecule has 1 aromatic heterocycles. The summed E-state index contributed by atoms with van der Waals surface area (Å²) in [6.07, 6.45) is 1.11. The van der Waals surface area contributed by atoms with Gasteiger partial charge in [-0.25, -0.2) is 13.2 Å². The summed E-state index contributed by atoms with van der Waals surface area (Å²) < 4.78 is 28.1. The van der Waals surface area contributed by atoms with E-state index in [1.165, 1.54) is 19.2 Å². The molecule has 0 saturated heterocycles. The highest BCUT2D eigenvalue weighted by Gasteiger charge is 2.26. The summed E-state index contributed by atoms with van der Waals surface area (Å²) in [5, 5.41) is 5.34. The number of nitrogens with one attached hydrogen (secondary N) is 2. The minimum Gasteiger partial charge on any atom is -0.462 e. The van der Waals surface area contributed by atoms with Crippen LogP contribution in [0.15, 0.2) is 24.3 Å². The van der Waals surface area contributed by atoms with E-state index in [4.69, 9.17) is 4.74 Å². The van der Waals surface area contributed by atoms with Crippen molar-refractivity contribution in [3.05, 3.63) is 51.4 Å². The second kappa shape index (κ2) is 9.19. The zero-order valence-corrected chi connectivity index (χ0v) is 18.1. The molecule has 0 saturated carbocycles. The van der Waals surface area contributed by atoms with Crippen molar-refractivity contribution in [2.45, 2.75) is 19.6 Å². The molecule has 0 aliphatic rings. The Morgan fingerprint density at radius 3 is 2.45 bits per heavy atom. The first kappa shape index (κ1) is 22.6. The van der Waals surface area contributed by atoms with E-state index >= 15 is 0 Å². The lowest BCUT2D eigenvalue weighted by Gasteiger charge is -2.08. The molecule has 1 heterocycles. The Balaban J connectivity index is 2.40. The largest absolute Gasteiger partial charge is 0.462 e. The molecule has 0 bridgehead atoms. The molecule has 156 valence electrons. The Hall–Kier alpha value is -2.72. The third-order valence-electron chi connectivity index (χ3n) is 3.90. The number of rotatable bonds is 7. The van der Waals surface area contributed by atoms with Crippen LogP contribution in [-0.2, 0) is 20.3 Å². The molecule has 0 radical (unpaired) electrons. The van der Waals surface area contributed by atoms with Crippen LogP contribution in [-0.4, -0.2) is 46.1 Å². The number of thiophene rings is 1. The van der Waals surface area contributed by atoms with Gasteiger partial charge in [0, 0.05) is 18.9 Å². The normalized spacial score (nSPS) is 11.0. The van der Waals surface area contributed by atoms with Crippen LogP contribution in [0.2, 0.25) is 0 Å². The minimum absolute atomic E-state index is 0.121. The highest BCUT2D eigenvalue weighted by molar-refractivity contribution is 7.89. The second-order valence-corrected chi connectivity index (χ2v) is 9.45. The summed E-state index contributed by atoms with van der Waals surface area (Å²) in [5.74, 6) is -1.75. The number of esters is 1. The van der Waals surface area contributed by atoms with Gasteiger partial charge in [-0.15, -0.1) is 11.3 Å². The Morgan fingerprint density at radius 1 is 1.17 bits per heavy atom. The molecule has 2 aromatic rings. The van der Waals surface area contributed by atoms with E-state index in [2.05, 4.69) is 10.6 Å². The van der Waals surface area contributed by atoms with Crippen molar-refractivity contribution in [3.63, 3.8) is 0 Å². The molecule has 2 N–H and O–H groups in total. The van der Waals surface area contributed by atoms with Crippen molar-refractivity contribution in [2.75, 3.05) is 25.2 Å². The van der Waals surface area contributed by atoms with Crippen molar-refractivity contribution < 1.29 is 27.5 Å². The molecular weight excluding hydrogens is 416 g/mol. The van der Waals surface area contributed by atoms with E-state index in [1.54, 1.807) is 26.0 Å². The van der Waals surface area contributed by atoms with Gasteiger partial charge in [0.15, 0.2) is 9.84 Å². The third-order valence-corrected chi connectivity index (χ3v) is 5.97. The first-order chi connectivity index (χ1) is 13.6. The molecule has 0 fully saturated rings. The number of hydrogen-bond donors (Lipinski definition) is 2. The van der Waals surface area contributed by atoms with Crippen molar-refractivity contribution in [1.82, 2.24) is 5.32 Å². The molecule has 2 rings (SSSR count). The lowest BCUT2D eigenvalue weighted by atomic mass is 10.1. The summed E-state index contributed by atoms with van der Waals surface area (Å²) in [7, 11) is -1.78. The van der Waals surface area contributed by atoms with Gasteiger partial charge >= 0.3 is 5.97 Å². The van der Waals surface area contributed by atoms with Gasteiger partial charge in [-0.05, 0) is 37.1 Å². The molecule has 29 heavy (non-hydrogen) atoms. The van der Waals surface area contributed by atoms with Gasteiger partial charge in [0.2, 0.25) is 0 Å². The standard InChI is InChI=1S/C19H22N2O6S2/c1-5-27-19(24)14-11(2)15(17(23)20-3)28-18(14)21-16(22)13-8-6-7-12(9-13)10-29(4,25)26/h6-9H,5,10H2,1-4H3,(H,20,23)(H,21,22). The quantitative estimate of drug-likeness (QED) is 0.641. The summed E-state index contributed by atoms with van der Waals surface area (Å²) in [6, 6.07) is 6.20. The second-order valence-electron chi connectivity index (χ2n) is 6.28. The maximum Gasteiger partial charge on any atom is 0.341 e. The van der Waals surface area contributed by atoms with Crippen molar-refractivity contribution in [3.8, 4) is 0 Å². The summed E-state index contributed by atoms with van der Waals surface area (Å²) in [6.45, 7) is 3.41. The van der Waals surface area contributed by atoms with Crippen LogP contribution in [0, 0.1) is 6.92 Å². The maximum absolute atomic E-state index is 12.7. The lowest BCUT2D eigenvalue weighted by molar-refractivity contribution is 0.0527. The van der Waals surface area contributed by atoms with Gasteiger partial charge in [0.05, 0.1) is 22.8 Å². The van der Waals surface area contributed by atoms with Gasteiger partial charge in [0.25, 0.3) is 11.8 Å². The zero-order valence-electron chi connectivity index (χ0n) is 16.5. The topological polar surface area (TPSA) is 119 Å². The van der Waals surface area contributed by atoms with Crippen molar-refractivity contribution >= 4 is 44.0 Å². The number of benzene rings is 1. The zero-order chi connectivity index (χ0) is 21.8. The first-order valence-electron chi connectivity index (χ1n) is 8.68. The van der Waals surface area contributed by atoms with Gasteiger partial charge in [-0.2, -0.15) is 0 Å². The number of carbonyl (C=O) groups is 3. The summed E-state index contributed by atoms with van der Waals surface area (Å²) in [5.41, 5.74) is 1.23. The lowest BCUT2D eigenvalue weighted by Crippen LogP contribution is -2.18. The fourth-order valence-electron chi connectivity index (χ4n) is 2.66. The average molecular weight is 439 g/mol. The molecule has 0 unspecified atom stereocenters. The number of carbonyl (C=O) groups excluding carboxylic acids is 3. The Kier molecular flexibility index (Phi) is 7.15. The van der Waals surface area contributed by atoms with E-state index < -0.39 is 21.7 Å². The monoisotopic (exact) mass is 438 g/mol. The molecule has 8 nitrogen and oxygen atoms in total. The Morgan fingerprint density at radius 2 is 1.86 bits per heavy atom. The van der Waals surface area contributed by atoms with Gasteiger partial charge in [-0.1, -0.05) is 12.1 Å². The number of amides is 2. The first-order valence-corrected chi connectivity index (χ1v) is 11.6. The molecule has 0 spiro atoms. The smallest absolute Gasteiger partial charge is 0.341 e. The maximum atomic E-state index is 12.7. The fraction of sp³-hybridized carbons (Fsp3) is 0.316. The predicted octanol–water partition coefficient (Wildman–Crippen LogP) is 2.39. The van der Waals surface area contributed by atoms with E-state index in [-0.39, 0.29) is 39.3 Å². The average Bonchev–Trinajstić information content (AvgIpc) is 2.96. The molecule has 0 atom stereocenters. The van der Waals surface area contributed by atoms with E-state index in [9.17, 15) is 22.8 Å². The highest BCUT2D eigenvalue weighted by Crippen LogP contribution is 2.34. The van der Waals surface area contributed by atoms with Gasteiger partial charge < -0.3 is 15.4 Å². The molecule has 1 aromatic carbocycles. The summed E-state index contributed by atoms with van der Waals surface area (Å²) in [4.78, 5) is 37.5. The number of sulfone groups is 1. The highest BCUT2D eigenvalue weighted by atomic mass is 32.2. The van der Waals surface area contributed by atoms with Crippen LogP contribution < -0.4 is 10.6 Å². The van der Waals surface area contributed by atoms with Gasteiger partial charge in [-0.3, -0.25) is 9.59 Å². The summed E-state index contributed by atoms with van der Waals surface area (Å²) >= 11 is 0.970. The van der Waals surface area contributed by atoms with E-state index in [0.717, 1.165) is 17.6 Å². The number of ether oxygens (including phenoxy) is 1. The fourth-order valence-corrected chi connectivity index (χ4v) is 4.58. The SMILES string of the molecule is CCOC(=O)c1c(NC(=O)c2cccc(CS(C)(=O)=O)c2)sc(C(=O)NC)c1C. The number of anilines is 1. The van der Waals surface area contributed by atoms with Crippen LogP contribution in [0.3, 0.4) is 0 Å². The molecular formula is C19H22N2O6S2. The van der Waals surface area contributed by atoms with Crippen LogP contribution in [0.5, 0.6) is 0 Å². The molecule has 0 aliphatic heterocycles. The molecule has 0 aliphatic carbocycles. The third kappa shape index (κ3) is 5.64. The molecule has 2 amide bonds. The Labute approximate surface area is 173 Å². The van der Waals surface area contributed by atoms with Crippen LogP contribution >= 0.6 is 11.3 Å². The molecule has 10 heteroatoms. The van der Waals surface area contributed by atoms with E-state index in [0.29, 0.717) is 11.1 Å². The number of hydrogen-bond acceptors (Lipinski definition) is 7. The van der Waals surface area contributed by atoms with Crippen LogP contribution in [0.4, 0.5) is 5.00 Å². The minimum atomic E-state index is -3.25. The Bertz CT molecular complexity index is 1060. The predicted molar refractivity (Wildman–Crippen MR) is 111 cm³/mol. The van der Waals surface area contributed by atoms with Crippen LogP contribution in [0.25, 0.3) is 0 Å². The van der Waals surface area contributed by atoms with Gasteiger partial charge in [0.1, 0.15) is 5.00 Å². The van der Waals surface area contributed by atoms with E-state index in [1.807, 2.05) is 0 Å². The van der Waals surface area contributed by atoms with Crippen LogP contribution in [0.1, 0.15) is 48.4 Å². The van der Waals surface area contributed by atoms with Crippen molar-refractivity contribution in [1.29, 1.82) is 0 Å².